The fraction of sp³-hybridized carbons (Fsp3) is 0.318. The third kappa shape index (κ3) is 2.78. The maximum Gasteiger partial charge on any atom is 0.146 e. The van der Waals surface area contributed by atoms with Crippen molar-refractivity contribution in [3.05, 3.63) is 41.5 Å². The van der Waals surface area contributed by atoms with Crippen LogP contribution >= 0.6 is 0 Å². The highest BCUT2D eigenvalue weighted by atomic mass is 15.1. The van der Waals surface area contributed by atoms with E-state index in [1.165, 1.54) is 18.3 Å². The predicted molar refractivity (Wildman–Crippen MR) is 110 cm³/mol. The first kappa shape index (κ1) is 17.3. The van der Waals surface area contributed by atoms with Gasteiger partial charge in [0.1, 0.15) is 23.5 Å². The standard InChI is InChI=1S/C22H23N5/c1-5-16-10-14(3)17(11-24-16)20-18(15-8-6-13(2)7-9-15)19-21(23)25-12-26-22(19)27(20)4/h1,8,10-13H,6-7,9H2,2-4H3,(H2,23,25,26)/t13-/m1/s1. The summed E-state index contributed by atoms with van der Waals surface area (Å²) >= 11 is 0. The van der Waals surface area contributed by atoms with Gasteiger partial charge in [-0.15, -0.1) is 6.42 Å². The lowest BCUT2D eigenvalue weighted by Gasteiger charge is -2.20. The molecule has 3 aromatic heterocycles. The molecule has 0 aromatic carbocycles. The molecule has 27 heavy (non-hydrogen) atoms. The van der Waals surface area contributed by atoms with Gasteiger partial charge in [0, 0.05) is 24.4 Å². The Hall–Kier alpha value is -3.13. The van der Waals surface area contributed by atoms with Crippen LogP contribution in [0, 0.1) is 25.2 Å². The van der Waals surface area contributed by atoms with Crippen LogP contribution in [0.3, 0.4) is 0 Å². The molecule has 0 bridgehead atoms. The molecule has 0 fully saturated rings. The van der Waals surface area contributed by atoms with Gasteiger partial charge < -0.3 is 10.3 Å². The summed E-state index contributed by atoms with van der Waals surface area (Å²) in [5, 5.41) is 0.927. The van der Waals surface area contributed by atoms with Crippen LogP contribution in [0.1, 0.15) is 43.0 Å². The highest BCUT2D eigenvalue weighted by molar-refractivity contribution is 6.04. The van der Waals surface area contributed by atoms with Crippen LogP contribution in [0.25, 0.3) is 27.9 Å². The smallest absolute Gasteiger partial charge is 0.146 e. The van der Waals surface area contributed by atoms with Crippen LogP contribution in [0.5, 0.6) is 0 Å². The Kier molecular flexibility index (Phi) is 4.19. The summed E-state index contributed by atoms with van der Waals surface area (Å²) in [7, 11) is 2.02. The van der Waals surface area contributed by atoms with Gasteiger partial charge in [0.15, 0.2) is 0 Å². The molecule has 3 heterocycles. The van der Waals surface area contributed by atoms with E-state index in [0.29, 0.717) is 17.4 Å². The second kappa shape index (κ2) is 6.55. The summed E-state index contributed by atoms with van der Waals surface area (Å²) in [5.41, 5.74) is 13.4. The van der Waals surface area contributed by atoms with Crippen molar-refractivity contribution in [3.63, 3.8) is 0 Å². The first-order valence-electron chi connectivity index (χ1n) is 9.23. The molecular formula is C22H23N5. The normalized spacial score (nSPS) is 17.0. The minimum absolute atomic E-state index is 0.516. The molecule has 2 N–H and O–H groups in total. The van der Waals surface area contributed by atoms with Crippen molar-refractivity contribution in [3.8, 4) is 23.6 Å². The average Bonchev–Trinajstić information content (AvgIpc) is 2.96. The minimum atomic E-state index is 0.516. The Morgan fingerprint density at radius 3 is 2.78 bits per heavy atom. The van der Waals surface area contributed by atoms with Crippen LogP contribution in [0.4, 0.5) is 5.82 Å². The van der Waals surface area contributed by atoms with Crippen molar-refractivity contribution < 1.29 is 0 Å². The van der Waals surface area contributed by atoms with Gasteiger partial charge in [-0.1, -0.05) is 18.9 Å². The third-order valence-corrected chi connectivity index (χ3v) is 5.50. The van der Waals surface area contributed by atoms with Crippen LogP contribution in [-0.4, -0.2) is 19.5 Å². The maximum atomic E-state index is 6.30. The first-order chi connectivity index (χ1) is 13.0. The number of nitrogens with two attached hydrogens (primary N) is 1. The van der Waals surface area contributed by atoms with Gasteiger partial charge in [-0.2, -0.15) is 0 Å². The number of nitrogens with zero attached hydrogens (tertiary/aromatic N) is 4. The lowest BCUT2D eigenvalue weighted by atomic mass is 9.85. The molecule has 0 spiro atoms. The fourth-order valence-corrected chi connectivity index (χ4v) is 3.98. The van der Waals surface area contributed by atoms with Gasteiger partial charge in [-0.3, -0.25) is 0 Å². The van der Waals surface area contributed by atoms with E-state index in [1.54, 1.807) is 0 Å². The van der Waals surface area contributed by atoms with E-state index >= 15 is 0 Å². The van der Waals surface area contributed by atoms with E-state index in [1.807, 2.05) is 19.3 Å². The molecule has 5 nitrogen and oxygen atoms in total. The summed E-state index contributed by atoms with van der Waals surface area (Å²) in [6.07, 6.45) is 14.5. The number of aryl methyl sites for hydroxylation is 2. The number of anilines is 1. The lowest BCUT2D eigenvalue weighted by Crippen LogP contribution is -2.03. The first-order valence-corrected chi connectivity index (χ1v) is 9.23. The summed E-state index contributed by atoms with van der Waals surface area (Å²) in [4.78, 5) is 13.2. The Bertz CT molecular complexity index is 1110. The molecule has 0 amide bonds. The predicted octanol–water partition coefficient (Wildman–Crippen LogP) is 4.11. The van der Waals surface area contributed by atoms with Crippen LogP contribution in [-0.2, 0) is 7.05 Å². The van der Waals surface area contributed by atoms with E-state index in [4.69, 9.17) is 12.2 Å². The number of hydrogen-bond acceptors (Lipinski definition) is 4. The SMILES string of the molecule is C#Cc1cc(C)c(-c2c(C3=CC[C@@H](C)CC3)c3c(N)ncnc3n2C)cn1. The van der Waals surface area contributed by atoms with Crippen molar-refractivity contribution in [2.24, 2.45) is 13.0 Å². The summed E-state index contributed by atoms with van der Waals surface area (Å²) in [5.74, 6) is 3.83. The van der Waals surface area contributed by atoms with Crippen LogP contribution < -0.4 is 5.73 Å². The van der Waals surface area contributed by atoms with E-state index in [2.05, 4.69) is 45.4 Å². The fourth-order valence-electron chi connectivity index (χ4n) is 3.98. The highest BCUT2D eigenvalue weighted by Crippen LogP contribution is 2.43. The number of allylic oxidation sites excluding steroid dienone is 2. The van der Waals surface area contributed by atoms with E-state index in [-0.39, 0.29) is 0 Å². The molecule has 0 unspecified atom stereocenters. The van der Waals surface area contributed by atoms with Crippen molar-refractivity contribution in [1.82, 2.24) is 19.5 Å². The van der Waals surface area contributed by atoms with Crippen molar-refractivity contribution in [1.29, 1.82) is 0 Å². The number of hydrogen-bond donors (Lipinski definition) is 1. The van der Waals surface area contributed by atoms with Gasteiger partial charge in [0.25, 0.3) is 0 Å². The van der Waals surface area contributed by atoms with E-state index < -0.39 is 0 Å². The highest BCUT2D eigenvalue weighted by Gasteiger charge is 2.25. The number of rotatable bonds is 2. The van der Waals surface area contributed by atoms with Crippen molar-refractivity contribution >= 4 is 22.4 Å². The summed E-state index contributed by atoms with van der Waals surface area (Å²) in [6.45, 7) is 4.35. The number of aromatic nitrogens is 4. The molecular weight excluding hydrogens is 334 g/mol. The van der Waals surface area contributed by atoms with Crippen molar-refractivity contribution in [2.75, 3.05) is 5.73 Å². The quantitative estimate of drug-likeness (QED) is 0.701. The molecule has 5 heteroatoms. The largest absolute Gasteiger partial charge is 0.383 e. The van der Waals surface area contributed by atoms with Gasteiger partial charge in [-0.25, -0.2) is 15.0 Å². The van der Waals surface area contributed by atoms with Crippen LogP contribution in [0.15, 0.2) is 24.7 Å². The van der Waals surface area contributed by atoms with Crippen molar-refractivity contribution in [2.45, 2.75) is 33.1 Å². The third-order valence-electron chi connectivity index (χ3n) is 5.50. The molecule has 0 radical (unpaired) electrons. The monoisotopic (exact) mass is 357 g/mol. The maximum absolute atomic E-state index is 6.30. The molecule has 1 aliphatic carbocycles. The average molecular weight is 357 g/mol. The molecule has 136 valence electrons. The number of terminal acetylenes is 1. The number of fused-ring (bicyclic) bond motifs is 1. The topological polar surface area (TPSA) is 69.6 Å². The Morgan fingerprint density at radius 1 is 1.30 bits per heavy atom. The lowest BCUT2D eigenvalue weighted by molar-refractivity contribution is 0.534. The number of pyridine rings is 1. The zero-order valence-corrected chi connectivity index (χ0v) is 16.0. The van der Waals surface area contributed by atoms with Gasteiger partial charge in [-0.05, 0) is 49.3 Å². The Balaban J connectivity index is 2.06. The van der Waals surface area contributed by atoms with Gasteiger partial charge in [0.05, 0.1) is 11.1 Å². The zero-order valence-electron chi connectivity index (χ0n) is 16.0. The molecule has 0 saturated heterocycles. The second-order valence-corrected chi connectivity index (χ2v) is 7.38. The Morgan fingerprint density at radius 2 is 2.11 bits per heavy atom. The van der Waals surface area contributed by atoms with E-state index in [0.717, 1.165) is 46.3 Å². The molecule has 3 aromatic rings. The van der Waals surface area contributed by atoms with E-state index in [9.17, 15) is 0 Å². The van der Waals surface area contributed by atoms with Gasteiger partial charge in [0.2, 0.25) is 0 Å². The minimum Gasteiger partial charge on any atom is -0.383 e. The Labute approximate surface area is 159 Å². The molecule has 1 atom stereocenters. The van der Waals surface area contributed by atoms with Gasteiger partial charge >= 0.3 is 0 Å². The summed E-state index contributed by atoms with van der Waals surface area (Å²) in [6, 6.07) is 1.95. The molecule has 0 saturated carbocycles. The molecule has 4 rings (SSSR count). The number of nitrogen functional groups attached to an aromatic ring is 1. The second-order valence-electron chi connectivity index (χ2n) is 7.38. The molecule has 0 aliphatic heterocycles. The van der Waals surface area contributed by atoms with Crippen LogP contribution in [0.2, 0.25) is 0 Å². The summed E-state index contributed by atoms with van der Waals surface area (Å²) < 4.78 is 2.10. The molecule has 1 aliphatic rings. The zero-order chi connectivity index (χ0) is 19.1.